The fourth-order valence-electron chi connectivity index (χ4n) is 9.25. The average Bonchev–Trinajstić information content (AvgIpc) is 3.93. The van der Waals surface area contributed by atoms with E-state index < -0.39 is 0 Å². The van der Waals surface area contributed by atoms with Gasteiger partial charge in [-0.05, 0) is 71.3 Å². The molecule has 6 nitrogen and oxygen atoms in total. The van der Waals surface area contributed by atoms with Crippen LogP contribution in [-0.4, -0.2) is 9.13 Å². The lowest BCUT2D eigenvalue weighted by molar-refractivity contribution is 0.203. The summed E-state index contributed by atoms with van der Waals surface area (Å²) in [6.07, 6.45) is -0.252. The molecular formula is C51H37N5O. The van der Waals surface area contributed by atoms with Crippen LogP contribution in [0, 0.1) is 0 Å². The summed E-state index contributed by atoms with van der Waals surface area (Å²) in [7, 11) is 0. The Morgan fingerprint density at radius 1 is 0.351 bits per heavy atom. The van der Waals surface area contributed by atoms with Crippen LogP contribution in [-0.2, 0) is 0 Å². The Bertz CT molecular complexity index is 3240. The maximum absolute atomic E-state index is 6.56. The minimum absolute atomic E-state index is 0.0598. The third-order valence-electron chi connectivity index (χ3n) is 11.8. The molecule has 272 valence electrons. The molecule has 0 aliphatic carbocycles. The lowest BCUT2D eigenvalue weighted by Crippen LogP contribution is -2.54. The Morgan fingerprint density at radius 3 is 1.68 bits per heavy atom. The van der Waals surface area contributed by atoms with Crippen LogP contribution in [0.1, 0.15) is 35.2 Å². The van der Waals surface area contributed by atoms with Gasteiger partial charge in [0.2, 0.25) is 0 Å². The smallest absolute Gasteiger partial charge is 0.136 e. The van der Waals surface area contributed by atoms with Crippen molar-refractivity contribution in [1.29, 1.82) is 0 Å². The van der Waals surface area contributed by atoms with Crippen LogP contribution >= 0.6 is 0 Å². The molecular weight excluding hydrogens is 699 g/mol. The van der Waals surface area contributed by atoms with Gasteiger partial charge < -0.3 is 13.6 Å². The monoisotopic (exact) mass is 735 g/mol. The van der Waals surface area contributed by atoms with Gasteiger partial charge in [0, 0.05) is 43.7 Å². The number of nitrogens with zero attached hydrogens (tertiary/aromatic N) is 2. The van der Waals surface area contributed by atoms with Crippen molar-refractivity contribution in [3.8, 4) is 11.4 Å². The van der Waals surface area contributed by atoms with Gasteiger partial charge in [-0.2, -0.15) is 0 Å². The molecule has 3 aromatic heterocycles. The second kappa shape index (κ2) is 12.8. The second-order valence-corrected chi connectivity index (χ2v) is 15.1. The fraction of sp³-hybridized carbons (Fsp3) is 0.0588. The zero-order valence-corrected chi connectivity index (χ0v) is 30.9. The molecule has 8 aromatic carbocycles. The molecule has 1 aliphatic rings. The predicted octanol–water partition coefficient (Wildman–Crippen LogP) is 12.0. The molecule has 0 saturated carbocycles. The number of hydrogen-bond donors (Lipinski definition) is 3. The molecule has 1 saturated heterocycles. The molecule has 1 fully saturated rings. The SMILES string of the molecule is c1ccc(C2NC(c3ccccc3)NC(c3cccc(-n4c5cc6c(cc5c5c4ccc4c7ccccc7n(-c7ccccc7)c45)oc4ccccc46)c3)N2)cc1. The zero-order chi connectivity index (χ0) is 37.5. The Morgan fingerprint density at radius 2 is 0.947 bits per heavy atom. The lowest BCUT2D eigenvalue weighted by atomic mass is 10.0. The van der Waals surface area contributed by atoms with Crippen molar-refractivity contribution >= 4 is 65.6 Å². The van der Waals surface area contributed by atoms with E-state index >= 15 is 0 Å². The average molecular weight is 736 g/mol. The molecule has 6 heteroatoms. The van der Waals surface area contributed by atoms with Gasteiger partial charge in [0.25, 0.3) is 0 Å². The van der Waals surface area contributed by atoms with E-state index in [2.05, 4.69) is 207 Å². The minimum Gasteiger partial charge on any atom is -0.456 e. The van der Waals surface area contributed by atoms with Crippen molar-refractivity contribution in [2.24, 2.45) is 0 Å². The Labute approximate surface area is 328 Å². The van der Waals surface area contributed by atoms with Crippen LogP contribution in [0.4, 0.5) is 0 Å². The van der Waals surface area contributed by atoms with Gasteiger partial charge in [-0.25, -0.2) is 0 Å². The normalized spacial score (nSPS) is 17.4. The van der Waals surface area contributed by atoms with Gasteiger partial charge in [0.1, 0.15) is 11.2 Å². The van der Waals surface area contributed by atoms with E-state index in [4.69, 9.17) is 4.42 Å². The van der Waals surface area contributed by atoms with Crippen molar-refractivity contribution < 1.29 is 4.42 Å². The molecule has 0 amide bonds. The summed E-state index contributed by atoms with van der Waals surface area (Å²) in [6, 6.07) is 67.3. The van der Waals surface area contributed by atoms with Crippen LogP contribution in [0.15, 0.2) is 192 Å². The van der Waals surface area contributed by atoms with Crippen molar-refractivity contribution in [3.05, 3.63) is 205 Å². The highest BCUT2D eigenvalue weighted by molar-refractivity contribution is 6.28. The van der Waals surface area contributed by atoms with Gasteiger partial charge in [-0.1, -0.05) is 133 Å². The van der Waals surface area contributed by atoms with Crippen molar-refractivity contribution in [1.82, 2.24) is 25.1 Å². The van der Waals surface area contributed by atoms with Gasteiger partial charge in [0.05, 0.1) is 40.6 Å². The lowest BCUT2D eigenvalue weighted by Gasteiger charge is -2.39. The third kappa shape index (κ3) is 5.09. The van der Waals surface area contributed by atoms with Crippen LogP contribution in [0.5, 0.6) is 0 Å². The van der Waals surface area contributed by atoms with Crippen LogP contribution < -0.4 is 16.0 Å². The number of furan rings is 1. The van der Waals surface area contributed by atoms with E-state index in [1.165, 1.54) is 38.3 Å². The van der Waals surface area contributed by atoms with E-state index in [9.17, 15) is 0 Å². The molecule has 3 N–H and O–H groups in total. The molecule has 4 heterocycles. The molecule has 1 aliphatic heterocycles. The Hall–Kier alpha value is -6.96. The van der Waals surface area contributed by atoms with Crippen LogP contribution in [0.3, 0.4) is 0 Å². The molecule has 2 unspecified atom stereocenters. The van der Waals surface area contributed by atoms with E-state index in [0.717, 1.165) is 55.3 Å². The Kier molecular flexibility index (Phi) is 7.25. The van der Waals surface area contributed by atoms with E-state index in [1.807, 2.05) is 6.07 Å². The highest BCUT2D eigenvalue weighted by Gasteiger charge is 2.30. The van der Waals surface area contributed by atoms with Crippen molar-refractivity contribution in [2.75, 3.05) is 0 Å². The van der Waals surface area contributed by atoms with Crippen molar-refractivity contribution in [3.63, 3.8) is 0 Å². The highest BCUT2D eigenvalue weighted by atomic mass is 16.3. The summed E-state index contributed by atoms with van der Waals surface area (Å²) in [5, 5.41) is 18.6. The van der Waals surface area contributed by atoms with Crippen LogP contribution in [0.2, 0.25) is 0 Å². The van der Waals surface area contributed by atoms with E-state index in [0.29, 0.717) is 0 Å². The summed E-state index contributed by atoms with van der Waals surface area (Å²) in [5.41, 5.74) is 12.2. The Balaban J connectivity index is 1.12. The number of aromatic nitrogens is 2. The first-order valence-corrected chi connectivity index (χ1v) is 19.6. The molecule has 0 spiro atoms. The number of para-hydroxylation sites is 3. The number of benzene rings is 8. The largest absolute Gasteiger partial charge is 0.456 e. The topological polar surface area (TPSA) is 59.1 Å². The summed E-state index contributed by atoms with van der Waals surface area (Å²) >= 11 is 0. The van der Waals surface area contributed by atoms with Gasteiger partial charge in [0.15, 0.2) is 0 Å². The quantitative estimate of drug-likeness (QED) is 0.165. The molecule has 0 radical (unpaired) electrons. The molecule has 11 aromatic rings. The maximum Gasteiger partial charge on any atom is 0.136 e. The fourth-order valence-corrected chi connectivity index (χ4v) is 9.25. The predicted molar refractivity (Wildman–Crippen MR) is 233 cm³/mol. The van der Waals surface area contributed by atoms with Gasteiger partial charge in [-0.3, -0.25) is 16.0 Å². The number of nitrogens with one attached hydrogen (secondary N) is 3. The van der Waals surface area contributed by atoms with E-state index in [-0.39, 0.29) is 18.5 Å². The molecule has 12 rings (SSSR count). The third-order valence-corrected chi connectivity index (χ3v) is 11.8. The summed E-state index contributed by atoms with van der Waals surface area (Å²) in [4.78, 5) is 0. The van der Waals surface area contributed by atoms with Gasteiger partial charge in [-0.15, -0.1) is 0 Å². The number of fused-ring (bicyclic) bond motifs is 10. The van der Waals surface area contributed by atoms with Gasteiger partial charge >= 0.3 is 0 Å². The van der Waals surface area contributed by atoms with Crippen molar-refractivity contribution in [2.45, 2.75) is 18.5 Å². The summed E-state index contributed by atoms with van der Waals surface area (Å²) in [6.45, 7) is 0. The molecule has 0 bridgehead atoms. The minimum atomic E-state index is -0.133. The first-order valence-electron chi connectivity index (χ1n) is 19.6. The maximum atomic E-state index is 6.56. The standard InChI is InChI=1S/C51H37N5O/c1-4-15-32(16-5-1)49-52-50(33-17-6-2-7-18-33)54-51(53-49)34-19-14-22-36(29-34)55-43-28-27-39-37-23-10-12-25-42(37)56(35-20-8-3-9-21-35)48(39)47(43)41-31-46-40(30-44(41)55)38-24-11-13-26-45(38)57-46/h1-31,49-54H. The zero-order valence-electron chi connectivity index (χ0n) is 30.9. The summed E-state index contributed by atoms with van der Waals surface area (Å²) in [5.74, 6) is 0. The molecule has 57 heavy (non-hydrogen) atoms. The highest BCUT2D eigenvalue weighted by Crippen LogP contribution is 2.44. The first-order chi connectivity index (χ1) is 28.3. The second-order valence-electron chi connectivity index (χ2n) is 15.1. The van der Waals surface area contributed by atoms with E-state index in [1.54, 1.807) is 0 Å². The summed E-state index contributed by atoms with van der Waals surface area (Å²) < 4.78 is 11.5. The first kappa shape index (κ1) is 32.3. The van der Waals surface area contributed by atoms with Crippen LogP contribution in [0.25, 0.3) is 76.9 Å². The number of rotatable bonds is 5. The number of hydrogen-bond acceptors (Lipinski definition) is 4. The molecule has 2 atom stereocenters.